The van der Waals surface area contributed by atoms with Crippen molar-refractivity contribution in [3.63, 3.8) is 0 Å². The minimum Gasteiger partial charge on any atom is -0.375 e. The molecule has 1 atom stereocenters. The molecule has 0 bridgehead atoms. The number of rotatable bonds is 6. The molecule has 1 heteroatoms. The summed E-state index contributed by atoms with van der Waals surface area (Å²) in [4.78, 5) is 0. The second-order valence-corrected chi connectivity index (χ2v) is 4.25. The fourth-order valence-corrected chi connectivity index (χ4v) is 1.64. The zero-order valence-electron chi connectivity index (χ0n) is 8.73. The summed E-state index contributed by atoms with van der Waals surface area (Å²) in [6, 6.07) is 0. The molecule has 72 valence electrons. The predicted octanol–water partition coefficient (Wildman–Crippen LogP) is 3.38. The topological polar surface area (TPSA) is 9.23 Å². The van der Waals surface area contributed by atoms with Crippen molar-refractivity contribution in [2.75, 3.05) is 6.61 Å². The van der Waals surface area contributed by atoms with E-state index in [1.54, 1.807) is 0 Å². The molecule has 0 N–H and O–H groups in total. The van der Waals surface area contributed by atoms with E-state index in [0.717, 1.165) is 18.9 Å². The summed E-state index contributed by atoms with van der Waals surface area (Å²) in [5.41, 5.74) is 0.325. The molecule has 0 saturated heterocycles. The number of hydrogen-bond acceptors (Lipinski definition) is 1. The lowest BCUT2D eigenvalue weighted by molar-refractivity contribution is 0.0169. The van der Waals surface area contributed by atoms with Crippen molar-refractivity contribution in [1.29, 1.82) is 0 Å². The Bertz CT molecular complexity index is 127. The van der Waals surface area contributed by atoms with Crippen LogP contribution < -0.4 is 0 Å². The molecule has 1 aliphatic carbocycles. The average molecular weight is 170 g/mol. The highest BCUT2D eigenvalue weighted by Crippen LogP contribution is 2.45. The summed E-state index contributed by atoms with van der Waals surface area (Å²) < 4.78 is 5.86. The number of ether oxygens (including phenoxy) is 1. The van der Waals surface area contributed by atoms with E-state index in [9.17, 15) is 0 Å². The van der Waals surface area contributed by atoms with Gasteiger partial charge in [0.25, 0.3) is 0 Å². The largest absolute Gasteiger partial charge is 0.375 e. The molecule has 0 aromatic rings. The Labute approximate surface area is 76.5 Å². The molecule has 1 fully saturated rings. The molecule has 0 aliphatic heterocycles. The molecule has 0 radical (unpaired) electrons. The third-order valence-corrected chi connectivity index (χ3v) is 2.84. The summed E-state index contributed by atoms with van der Waals surface area (Å²) in [6.07, 6.45) is 6.33. The molecular weight excluding hydrogens is 148 g/mol. The van der Waals surface area contributed by atoms with Crippen LogP contribution in [0.25, 0.3) is 0 Å². The van der Waals surface area contributed by atoms with Crippen LogP contribution in [0.4, 0.5) is 0 Å². The second kappa shape index (κ2) is 4.27. The van der Waals surface area contributed by atoms with Crippen molar-refractivity contribution >= 4 is 0 Å². The summed E-state index contributed by atoms with van der Waals surface area (Å²) in [7, 11) is 0. The highest BCUT2D eigenvalue weighted by molar-refractivity contribution is 4.96. The lowest BCUT2D eigenvalue weighted by Gasteiger charge is -2.19. The molecule has 1 rings (SSSR count). The van der Waals surface area contributed by atoms with Gasteiger partial charge in [0.2, 0.25) is 0 Å². The Kier molecular flexibility index (Phi) is 3.57. The van der Waals surface area contributed by atoms with Crippen molar-refractivity contribution in [3.8, 4) is 0 Å². The Morgan fingerprint density at radius 3 is 2.42 bits per heavy atom. The van der Waals surface area contributed by atoms with Gasteiger partial charge < -0.3 is 4.74 Å². The van der Waals surface area contributed by atoms with Crippen LogP contribution in [0, 0.1) is 5.92 Å². The van der Waals surface area contributed by atoms with Crippen LogP contribution in [0.3, 0.4) is 0 Å². The summed E-state index contributed by atoms with van der Waals surface area (Å²) in [5, 5.41) is 0. The van der Waals surface area contributed by atoms with Crippen LogP contribution in [-0.4, -0.2) is 12.2 Å². The highest BCUT2D eigenvalue weighted by atomic mass is 16.5. The van der Waals surface area contributed by atoms with E-state index in [0.29, 0.717) is 5.60 Å². The van der Waals surface area contributed by atoms with Crippen molar-refractivity contribution in [1.82, 2.24) is 0 Å². The van der Waals surface area contributed by atoms with Crippen LogP contribution in [0.15, 0.2) is 0 Å². The van der Waals surface area contributed by atoms with Crippen LogP contribution in [-0.2, 0) is 4.74 Å². The molecule has 1 saturated carbocycles. The quantitative estimate of drug-likeness (QED) is 0.593. The molecule has 0 aromatic carbocycles. The maximum absolute atomic E-state index is 5.86. The molecule has 0 heterocycles. The first-order chi connectivity index (χ1) is 5.72. The predicted molar refractivity (Wildman–Crippen MR) is 52.3 cm³/mol. The molecule has 0 aromatic heterocycles. The van der Waals surface area contributed by atoms with Gasteiger partial charge in [0.1, 0.15) is 0 Å². The normalized spacial score (nSPS) is 22.2. The molecule has 1 unspecified atom stereocenters. The lowest BCUT2D eigenvalue weighted by Crippen LogP contribution is -2.18. The molecule has 12 heavy (non-hydrogen) atoms. The van der Waals surface area contributed by atoms with E-state index in [1.165, 1.54) is 25.7 Å². The van der Waals surface area contributed by atoms with Gasteiger partial charge in [0.05, 0.1) is 5.60 Å². The maximum atomic E-state index is 5.86. The lowest BCUT2D eigenvalue weighted by atomic mass is 10.00. The fourth-order valence-electron chi connectivity index (χ4n) is 1.64. The van der Waals surface area contributed by atoms with Crippen LogP contribution in [0.5, 0.6) is 0 Å². The third-order valence-electron chi connectivity index (χ3n) is 2.84. The minimum atomic E-state index is 0.325. The first-order valence-corrected chi connectivity index (χ1v) is 5.36. The Balaban J connectivity index is 2.20. The van der Waals surface area contributed by atoms with E-state index >= 15 is 0 Å². The van der Waals surface area contributed by atoms with E-state index < -0.39 is 0 Å². The molecule has 0 amide bonds. The van der Waals surface area contributed by atoms with E-state index in [1.807, 2.05) is 0 Å². The van der Waals surface area contributed by atoms with Gasteiger partial charge in [0.15, 0.2) is 0 Å². The van der Waals surface area contributed by atoms with Crippen molar-refractivity contribution < 1.29 is 4.74 Å². The van der Waals surface area contributed by atoms with Gasteiger partial charge in [-0.15, -0.1) is 0 Å². The second-order valence-electron chi connectivity index (χ2n) is 4.25. The van der Waals surface area contributed by atoms with E-state index in [2.05, 4.69) is 20.8 Å². The SMILES string of the molecule is CCCOC1(CC(C)CC)CC1. The Morgan fingerprint density at radius 2 is 2.00 bits per heavy atom. The van der Waals surface area contributed by atoms with E-state index in [4.69, 9.17) is 4.74 Å². The van der Waals surface area contributed by atoms with Gasteiger partial charge in [-0.2, -0.15) is 0 Å². The van der Waals surface area contributed by atoms with Gasteiger partial charge in [-0.1, -0.05) is 27.2 Å². The van der Waals surface area contributed by atoms with Gasteiger partial charge in [-0.3, -0.25) is 0 Å². The summed E-state index contributed by atoms with van der Waals surface area (Å²) in [6.45, 7) is 7.73. The zero-order chi connectivity index (χ0) is 9.03. The van der Waals surface area contributed by atoms with E-state index in [-0.39, 0.29) is 0 Å². The minimum absolute atomic E-state index is 0.325. The van der Waals surface area contributed by atoms with Gasteiger partial charge in [0, 0.05) is 6.61 Å². The summed E-state index contributed by atoms with van der Waals surface area (Å²) in [5.74, 6) is 0.837. The van der Waals surface area contributed by atoms with Gasteiger partial charge >= 0.3 is 0 Å². The van der Waals surface area contributed by atoms with Crippen LogP contribution >= 0.6 is 0 Å². The van der Waals surface area contributed by atoms with Gasteiger partial charge in [-0.05, 0) is 31.6 Å². The van der Waals surface area contributed by atoms with Crippen LogP contribution in [0.2, 0.25) is 0 Å². The average Bonchev–Trinajstić information content (AvgIpc) is 2.82. The van der Waals surface area contributed by atoms with Gasteiger partial charge in [-0.25, -0.2) is 0 Å². The highest BCUT2D eigenvalue weighted by Gasteiger charge is 2.44. The van der Waals surface area contributed by atoms with Crippen LogP contribution in [0.1, 0.15) is 52.9 Å². The Morgan fingerprint density at radius 1 is 1.33 bits per heavy atom. The molecule has 1 aliphatic rings. The van der Waals surface area contributed by atoms with Crippen molar-refractivity contribution in [2.45, 2.75) is 58.5 Å². The molecular formula is C11H22O. The number of hydrogen-bond donors (Lipinski definition) is 0. The summed E-state index contributed by atoms with van der Waals surface area (Å²) >= 11 is 0. The third kappa shape index (κ3) is 2.78. The smallest absolute Gasteiger partial charge is 0.0687 e. The monoisotopic (exact) mass is 170 g/mol. The molecule has 1 nitrogen and oxygen atoms in total. The molecule has 0 spiro atoms. The maximum Gasteiger partial charge on any atom is 0.0687 e. The standard InChI is InChI=1S/C11H22O/c1-4-8-12-11(6-7-11)9-10(3)5-2/h10H,4-9H2,1-3H3. The first-order valence-electron chi connectivity index (χ1n) is 5.36. The first kappa shape index (κ1) is 10.0. The zero-order valence-corrected chi connectivity index (χ0v) is 8.73. The van der Waals surface area contributed by atoms with Crippen molar-refractivity contribution in [2.24, 2.45) is 5.92 Å². The Hall–Kier alpha value is -0.0400. The fraction of sp³-hybridized carbons (Fsp3) is 1.00. The van der Waals surface area contributed by atoms with Crippen molar-refractivity contribution in [3.05, 3.63) is 0 Å².